The molecule has 114 valence electrons. The molecule has 1 atom stereocenters. The van der Waals surface area contributed by atoms with Crippen molar-refractivity contribution in [3.8, 4) is 5.75 Å². The topological polar surface area (TPSA) is 66.8 Å². The van der Waals surface area contributed by atoms with Gasteiger partial charge in [0.25, 0.3) is 0 Å². The van der Waals surface area contributed by atoms with Crippen LogP contribution in [0.25, 0.3) is 0 Å². The van der Waals surface area contributed by atoms with E-state index >= 15 is 0 Å². The lowest BCUT2D eigenvalue weighted by molar-refractivity contribution is 0.0305. The first-order valence-electron chi connectivity index (χ1n) is 6.40. The Kier molecular flexibility index (Phi) is 6.26. The van der Waals surface area contributed by atoms with Gasteiger partial charge < -0.3 is 9.84 Å². The van der Waals surface area contributed by atoms with Gasteiger partial charge in [-0.05, 0) is 24.6 Å². The van der Waals surface area contributed by atoms with Crippen LogP contribution in [0.1, 0.15) is 13.3 Å². The molecule has 1 N–H and O–H groups in total. The minimum atomic E-state index is -3.46. The van der Waals surface area contributed by atoms with Crippen LogP contribution in [0.3, 0.4) is 0 Å². The average Bonchev–Trinajstić information content (AvgIpc) is 2.40. The third-order valence-electron chi connectivity index (χ3n) is 3.31. The number of rotatable bonds is 4. The van der Waals surface area contributed by atoms with Gasteiger partial charge >= 0.3 is 0 Å². The molecule has 0 amide bonds. The van der Waals surface area contributed by atoms with Crippen LogP contribution in [0, 0.1) is 0 Å². The molecule has 0 aliphatic carbocycles. The Balaban J connectivity index is 0.00000200. The molecular weight excluding hydrogens is 302 g/mol. The Morgan fingerprint density at radius 2 is 2.00 bits per heavy atom. The molecule has 1 aromatic carbocycles. The summed E-state index contributed by atoms with van der Waals surface area (Å²) < 4.78 is 30.5. The molecule has 0 spiro atoms. The fraction of sp³-hybridized carbons (Fsp3) is 0.538. The number of sulfone groups is 1. The van der Waals surface area contributed by atoms with E-state index < -0.39 is 15.2 Å². The van der Waals surface area contributed by atoms with E-state index in [9.17, 15) is 13.5 Å². The molecule has 0 saturated carbocycles. The van der Waals surface area contributed by atoms with Crippen LogP contribution in [0.2, 0.25) is 0 Å². The Bertz CT molecular complexity index is 529. The largest absolute Gasteiger partial charge is 0.508 e. The van der Waals surface area contributed by atoms with E-state index in [1.807, 2.05) is 11.8 Å². The van der Waals surface area contributed by atoms with Crippen molar-refractivity contribution in [2.75, 3.05) is 26.3 Å². The third kappa shape index (κ3) is 3.63. The van der Waals surface area contributed by atoms with E-state index in [1.54, 1.807) is 6.07 Å². The van der Waals surface area contributed by atoms with Crippen LogP contribution in [0.5, 0.6) is 5.75 Å². The predicted octanol–water partition coefficient (Wildman–Crippen LogP) is 1.66. The van der Waals surface area contributed by atoms with E-state index in [4.69, 9.17) is 4.74 Å². The summed E-state index contributed by atoms with van der Waals surface area (Å²) in [5.74, 6) is -0.0297. The Morgan fingerprint density at radius 3 is 2.55 bits per heavy atom. The maximum atomic E-state index is 12.6. The molecule has 20 heavy (non-hydrogen) atoms. The van der Waals surface area contributed by atoms with Gasteiger partial charge in [-0.25, -0.2) is 8.42 Å². The number of aromatic hydroxyl groups is 1. The molecule has 7 heteroatoms. The second-order valence-electron chi connectivity index (χ2n) is 4.55. The summed E-state index contributed by atoms with van der Waals surface area (Å²) in [7, 11) is -3.46. The number of ether oxygens (including phenoxy) is 1. The van der Waals surface area contributed by atoms with Crippen molar-refractivity contribution < 1.29 is 18.3 Å². The molecule has 0 bridgehead atoms. The molecule has 1 aliphatic heterocycles. The van der Waals surface area contributed by atoms with Crippen LogP contribution in [-0.2, 0) is 14.6 Å². The van der Waals surface area contributed by atoms with Gasteiger partial charge in [-0.15, -0.1) is 12.4 Å². The Morgan fingerprint density at radius 1 is 1.35 bits per heavy atom. The van der Waals surface area contributed by atoms with Crippen molar-refractivity contribution in [1.29, 1.82) is 0 Å². The SMILES string of the molecule is CCC(N1CCOCC1)S(=O)(=O)c1cccc(O)c1.Cl. The number of phenolic OH excluding ortho intramolecular Hbond substituents is 1. The van der Waals surface area contributed by atoms with Gasteiger partial charge in [0.15, 0.2) is 9.84 Å². The number of hydrogen-bond acceptors (Lipinski definition) is 5. The maximum absolute atomic E-state index is 12.6. The zero-order chi connectivity index (χ0) is 13.9. The minimum Gasteiger partial charge on any atom is -0.508 e. The van der Waals surface area contributed by atoms with Crippen LogP contribution in [0.4, 0.5) is 0 Å². The summed E-state index contributed by atoms with van der Waals surface area (Å²) in [5, 5.41) is 8.89. The highest BCUT2D eigenvalue weighted by atomic mass is 35.5. The number of morpholine rings is 1. The van der Waals surface area contributed by atoms with Crippen LogP contribution in [0.15, 0.2) is 29.2 Å². The van der Waals surface area contributed by atoms with Crippen molar-refractivity contribution in [2.45, 2.75) is 23.6 Å². The molecule has 1 saturated heterocycles. The summed E-state index contributed by atoms with van der Waals surface area (Å²) in [4.78, 5) is 2.11. The number of phenols is 1. The fourth-order valence-corrected chi connectivity index (χ4v) is 4.27. The quantitative estimate of drug-likeness (QED) is 0.913. The van der Waals surface area contributed by atoms with Gasteiger partial charge in [-0.3, -0.25) is 4.90 Å². The van der Waals surface area contributed by atoms with Crippen LogP contribution >= 0.6 is 12.4 Å². The monoisotopic (exact) mass is 321 g/mol. The summed E-state index contributed by atoms with van der Waals surface area (Å²) in [6, 6.07) is 5.85. The molecule has 5 nitrogen and oxygen atoms in total. The molecular formula is C13H20ClNO4S. The normalized spacial score (nSPS) is 18.2. The molecule has 2 rings (SSSR count). The highest BCUT2D eigenvalue weighted by molar-refractivity contribution is 7.92. The summed E-state index contributed by atoms with van der Waals surface area (Å²) >= 11 is 0. The van der Waals surface area contributed by atoms with Crippen molar-refractivity contribution in [1.82, 2.24) is 4.90 Å². The standard InChI is InChI=1S/C13H19NO4S.ClH/c1-2-13(14-6-8-18-9-7-14)19(16,17)12-5-3-4-11(15)10-12;/h3-5,10,13,15H,2,6-9H2,1H3;1H. The molecule has 0 radical (unpaired) electrons. The van der Waals surface area contributed by atoms with Crippen LogP contribution in [-0.4, -0.2) is 50.1 Å². The van der Waals surface area contributed by atoms with Crippen molar-refractivity contribution in [3.63, 3.8) is 0 Å². The van der Waals surface area contributed by atoms with Gasteiger partial charge in [0.1, 0.15) is 11.1 Å². The summed E-state index contributed by atoms with van der Waals surface area (Å²) in [5.41, 5.74) is 0. The van der Waals surface area contributed by atoms with E-state index in [0.29, 0.717) is 32.7 Å². The lowest BCUT2D eigenvalue weighted by Crippen LogP contribution is -2.47. The molecule has 1 fully saturated rings. The first kappa shape index (κ1) is 17.2. The van der Waals surface area contributed by atoms with Crippen molar-refractivity contribution in [2.24, 2.45) is 0 Å². The highest BCUT2D eigenvalue weighted by Crippen LogP contribution is 2.24. The minimum absolute atomic E-state index is 0. The van der Waals surface area contributed by atoms with Gasteiger partial charge in [0.05, 0.1) is 18.1 Å². The van der Waals surface area contributed by atoms with E-state index in [1.165, 1.54) is 18.2 Å². The van der Waals surface area contributed by atoms with E-state index in [2.05, 4.69) is 0 Å². The van der Waals surface area contributed by atoms with E-state index in [-0.39, 0.29) is 23.1 Å². The Hall–Kier alpha value is -0.820. The number of hydrogen-bond donors (Lipinski definition) is 1. The predicted molar refractivity (Wildman–Crippen MR) is 79.0 cm³/mol. The zero-order valence-electron chi connectivity index (χ0n) is 11.4. The molecule has 1 heterocycles. The number of benzene rings is 1. The first-order valence-corrected chi connectivity index (χ1v) is 7.95. The summed E-state index contributed by atoms with van der Waals surface area (Å²) in [6.45, 7) is 4.23. The Labute approximate surface area is 125 Å². The highest BCUT2D eigenvalue weighted by Gasteiger charge is 2.32. The molecule has 1 unspecified atom stereocenters. The van der Waals surface area contributed by atoms with Crippen molar-refractivity contribution >= 4 is 22.2 Å². The fourth-order valence-electron chi connectivity index (χ4n) is 2.36. The lowest BCUT2D eigenvalue weighted by Gasteiger charge is -2.33. The summed E-state index contributed by atoms with van der Waals surface area (Å²) in [6.07, 6.45) is 0.512. The van der Waals surface area contributed by atoms with Crippen LogP contribution < -0.4 is 0 Å². The second-order valence-corrected chi connectivity index (χ2v) is 6.66. The van der Waals surface area contributed by atoms with Crippen molar-refractivity contribution in [3.05, 3.63) is 24.3 Å². The van der Waals surface area contributed by atoms with Gasteiger partial charge in [-0.2, -0.15) is 0 Å². The number of halogens is 1. The molecule has 1 aliphatic rings. The smallest absolute Gasteiger partial charge is 0.194 e. The maximum Gasteiger partial charge on any atom is 0.194 e. The average molecular weight is 322 g/mol. The van der Waals surface area contributed by atoms with E-state index in [0.717, 1.165) is 0 Å². The molecule has 0 aromatic heterocycles. The zero-order valence-corrected chi connectivity index (χ0v) is 13.0. The third-order valence-corrected chi connectivity index (χ3v) is 5.57. The number of nitrogens with zero attached hydrogens (tertiary/aromatic N) is 1. The van der Waals surface area contributed by atoms with Gasteiger partial charge in [0, 0.05) is 13.1 Å². The second kappa shape index (κ2) is 7.26. The lowest BCUT2D eigenvalue weighted by atomic mass is 10.3. The van der Waals surface area contributed by atoms with Gasteiger partial charge in [0.2, 0.25) is 0 Å². The first-order chi connectivity index (χ1) is 9.05. The molecule has 1 aromatic rings. The van der Waals surface area contributed by atoms with Gasteiger partial charge in [-0.1, -0.05) is 13.0 Å².